The molecule has 0 aliphatic heterocycles. The molecular formula is C25H24F3N5O2. The third kappa shape index (κ3) is 5.76. The molecule has 0 radical (unpaired) electrons. The largest absolute Gasteiger partial charge is 0.418 e. The van der Waals surface area contributed by atoms with E-state index < -0.39 is 17.2 Å². The van der Waals surface area contributed by atoms with Gasteiger partial charge in [0.05, 0.1) is 46.5 Å². The van der Waals surface area contributed by atoms with E-state index in [2.05, 4.69) is 20.6 Å². The molecule has 1 amide bonds. The van der Waals surface area contributed by atoms with Gasteiger partial charge in [-0.3, -0.25) is 19.6 Å². The highest BCUT2D eigenvalue weighted by atomic mass is 19.4. The van der Waals surface area contributed by atoms with Crippen molar-refractivity contribution >= 4 is 28.8 Å². The van der Waals surface area contributed by atoms with Crippen LogP contribution in [0, 0.1) is 12.3 Å². The number of halogens is 3. The van der Waals surface area contributed by atoms with E-state index >= 15 is 0 Å². The zero-order chi connectivity index (χ0) is 25.2. The van der Waals surface area contributed by atoms with Gasteiger partial charge in [-0.25, -0.2) is 0 Å². The fourth-order valence-corrected chi connectivity index (χ4v) is 3.77. The van der Waals surface area contributed by atoms with Gasteiger partial charge in [-0.2, -0.15) is 13.2 Å². The summed E-state index contributed by atoms with van der Waals surface area (Å²) < 4.78 is 40.0. The molecule has 0 spiro atoms. The molecule has 1 aromatic carbocycles. The Hall–Kier alpha value is -3.95. The van der Waals surface area contributed by atoms with Gasteiger partial charge in [0.25, 0.3) is 0 Å². The summed E-state index contributed by atoms with van der Waals surface area (Å²) in [5.41, 5.74) is 6.28. The van der Waals surface area contributed by atoms with Crippen LogP contribution < -0.4 is 16.4 Å². The van der Waals surface area contributed by atoms with Crippen molar-refractivity contribution in [3.63, 3.8) is 0 Å². The minimum absolute atomic E-state index is 0.0678. The number of aryl methyl sites for hydroxylation is 1. The molecule has 1 aliphatic rings. The number of aromatic nitrogens is 2. The summed E-state index contributed by atoms with van der Waals surface area (Å²) in [5, 5.41) is 5.56. The number of hydrogen-bond acceptors (Lipinski definition) is 6. The second-order valence-electron chi connectivity index (χ2n) is 8.78. The van der Waals surface area contributed by atoms with E-state index in [1.54, 1.807) is 25.1 Å². The van der Waals surface area contributed by atoms with Crippen molar-refractivity contribution in [3.8, 4) is 0 Å². The number of nitrogen functional groups attached to an aromatic ring is 1. The molecule has 3 aromatic rings. The highest BCUT2D eigenvalue weighted by Crippen LogP contribution is 2.49. The SMILES string of the molecule is Cc1ccc(Nc2ccc(CNC(=O)C3(CC(=O)c4cncc(N)c4)CC3)nc2)c(C(F)(F)F)c1. The summed E-state index contributed by atoms with van der Waals surface area (Å²) >= 11 is 0. The Balaban J connectivity index is 1.35. The summed E-state index contributed by atoms with van der Waals surface area (Å²) in [6.07, 6.45) is 1.07. The van der Waals surface area contributed by atoms with Crippen molar-refractivity contribution in [2.75, 3.05) is 11.1 Å². The number of hydrogen-bond donors (Lipinski definition) is 3. The fraction of sp³-hybridized carbons (Fsp3) is 0.280. The number of nitrogens with zero attached hydrogens (tertiary/aromatic N) is 2. The van der Waals surface area contributed by atoms with Crippen molar-refractivity contribution in [2.24, 2.45) is 5.41 Å². The van der Waals surface area contributed by atoms with Crippen LogP contribution in [0.4, 0.5) is 30.2 Å². The number of alkyl halides is 3. The maximum atomic E-state index is 13.3. The van der Waals surface area contributed by atoms with Crippen LogP contribution in [0.15, 0.2) is 55.0 Å². The van der Waals surface area contributed by atoms with Crippen LogP contribution in [-0.4, -0.2) is 21.7 Å². The Morgan fingerprint density at radius 2 is 1.86 bits per heavy atom. The molecule has 0 unspecified atom stereocenters. The Morgan fingerprint density at radius 1 is 1.09 bits per heavy atom. The van der Waals surface area contributed by atoms with E-state index in [1.807, 2.05) is 0 Å². The predicted molar refractivity (Wildman–Crippen MR) is 125 cm³/mol. The van der Waals surface area contributed by atoms with Gasteiger partial charge in [0.15, 0.2) is 5.78 Å². The van der Waals surface area contributed by atoms with Crippen LogP contribution in [0.2, 0.25) is 0 Å². The van der Waals surface area contributed by atoms with E-state index in [4.69, 9.17) is 5.73 Å². The minimum Gasteiger partial charge on any atom is -0.397 e. The number of benzene rings is 1. The summed E-state index contributed by atoms with van der Waals surface area (Å²) in [6.45, 7) is 1.73. The molecule has 0 saturated heterocycles. The third-order valence-electron chi connectivity index (χ3n) is 5.93. The Morgan fingerprint density at radius 3 is 2.49 bits per heavy atom. The van der Waals surface area contributed by atoms with Gasteiger partial charge in [-0.1, -0.05) is 11.6 Å². The summed E-state index contributed by atoms with van der Waals surface area (Å²) in [6, 6.07) is 8.81. The number of carbonyl (C=O) groups excluding carboxylic acids is 2. The Kier molecular flexibility index (Phi) is 6.47. The van der Waals surface area contributed by atoms with Crippen molar-refractivity contribution < 1.29 is 22.8 Å². The van der Waals surface area contributed by atoms with Crippen molar-refractivity contribution in [1.82, 2.24) is 15.3 Å². The number of carbonyl (C=O) groups is 2. The molecule has 4 N–H and O–H groups in total. The molecule has 4 rings (SSSR count). The standard InChI is InChI=1S/C25H24F3N5O2/c1-15-2-5-21(20(8-15)25(26,27)28)33-19-4-3-18(31-14-19)13-32-23(35)24(6-7-24)10-22(34)16-9-17(29)12-30-11-16/h2-5,8-9,11-12,14,33H,6-7,10,13,29H2,1H3,(H,32,35). The van der Waals surface area contributed by atoms with Crippen molar-refractivity contribution in [2.45, 2.75) is 38.9 Å². The van der Waals surface area contributed by atoms with Gasteiger partial charge < -0.3 is 16.4 Å². The molecule has 1 saturated carbocycles. The van der Waals surface area contributed by atoms with Crippen LogP contribution in [0.1, 0.15) is 46.4 Å². The van der Waals surface area contributed by atoms with Gasteiger partial charge >= 0.3 is 6.18 Å². The second kappa shape index (κ2) is 9.36. The number of nitrogens with one attached hydrogen (secondary N) is 2. The maximum Gasteiger partial charge on any atom is 0.418 e. The zero-order valence-electron chi connectivity index (χ0n) is 18.9. The molecule has 10 heteroatoms. The van der Waals surface area contributed by atoms with Gasteiger partial charge in [0.1, 0.15) is 0 Å². The predicted octanol–water partition coefficient (Wildman–Crippen LogP) is 4.80. The normalized spacial score (nSPS) is 14.3. The molecule has 1 aliphatic carbocycles. The van der Waals surface area contributed by atoms with Crippen LogP contribution in [-0.2, 0) is 17.5 Å². The lowest BCUT2D eigenvalue weighted by molar-refractivity contribution is -0.137. The highest BCUT2D eigenvalue weighted by molar-refractivity contribution is 6.01. The number of amides is 1. The molecule has 0 atom stereocenters. The smallest absolute Gasteiger partial charge is 0.397 e. The number of ketones is 1. The van der Waals surface area contributed by atoms with Gasteiger partial charge in [0, 0.05) is 24.4 Å². The van der Waals surface area contributed by atoms with Crippen molar-refractivity contribution in [1.29, 1.82) is 0 Å². The fourth-order valence-electron chi connectivity index (χ4n) is 3.77. The van der Waals surface area contributed by atoms with Gasteiger partial charge in [0.2, 0.25) is 5.91 Å². The number of rotatable bonds is 8. The number of nitrogens with two attached hydrogens (primary N) is 1. The molecule has 2 heterocycles. The lowest BCUT2D eigenvalue weighted by Gasteiger charge is -2.16. The molecule has 35 heavy (non-hydrogen) atoms. The highest BCUT2D eigenvalue weighted by Gasteiger charge is 2.51. The van der Waals surface area contributed by atoms with E-state index in [1.165, 1.54) is 30.7 Å². The number of Topliss-reactive ketones (excluding diaryl/α,β-unsaturated/α-hetero) is 1. The van der Waals surface area contributed by atoms with Gasteiger partial charge in [-0.15, -0.1) is 0 Å². The van der Waals surface area contributed by atoms with Crippen LogP contribution in [0.3, 0.4) is 0 Å². The summed E-state index contributed by atoms with van der Waals surface area (Å²) in [5.74, 6) is -0.429. The number of anilines is 3. The first-order valence-corrected chi connectivity index (χ1v) is 11.0. The Bertz CT molecular complexity index is 1250. The van der Waals surface area contributed by atoms with E-state index in [9.17, 15) is 22.8 Å². The molecule has 2 aromatic heterocycles. The summed E-state index contributed by atoms with van der Waals surface area (Å²) in [4.78, 5) is 33.5. The molecule has 7 nitrogen and oxygen atoms in total. The van der Waals surface area contributed by atoms with Crippen LogP contribution in [0.25, 0.3) is 0 Å². The number of pyridine rings is 2. The topological polar surface area (TPSA) is 110 Å². The van der Waals surface area contributed by atoms with E-state index in [0.717, 1.165) is 6.07 Å². The first kappa shape index (κ1) is 24.2. The Labute approximate surface area is 200 Å². The quantitative estimate of drug-likeness (QED) is 0.397. The molecule has 182 valence electrons. The second-order valence-corrected chi connectivity index (χ2v) is 8.78. The van der Waals surface area contributed by atoms with E-state index in [0.29, 0.717) is 41.0 Å². The van der Waals surface area contributed by atoms with Gasteiger partial charge in [-0.05, 0) is 50.1 Å². The average molecular weight is 483 g/mol. The average Bonchev–Trinajstić information content (AvgIpc) is 3.59. The third-order valence-corrected chi connectivity index (χ3v) is 5.93. The van der Waals surface area contributed by atoms with Crippen LogP contribution in [0.5, 0.6) is 0 Å². The lowest BCUT2D eigenvalue weighted by atomic mass is 9.95. The first-order chi connectivity index (χ1) is 16.6. The first-order valence-electron chi connectivity index (χ1n) is 11.0. The lowest BCUT2D eigenvalue weighted by Crippen LogP contribution is -2.33. The zero-order valence-corrected chi connectivity index (χ0v) is 18.9. The van der Waals surface area contributed by atoms with E-state index in [-0.39, 0.29) is 30.3 Å². The minimum atomic E-state index is -4.49. The van der Waals surface area contributed by atoms with Crippen LogP contribution >= 0.6 is 0 Å². The monoisotopic (exact) mass is 483 g/mol. The summed E-state index contributed by atoms with van der Waals surface area (Å²) in [7, 11) is 0. The molecule has 0 bridgehead atoms. The maximum absolute atomic E-state index is 13.3. The van der Waals surface area contributed by atoms with Crippen molar-refractivity contribution in [3.05, 3.63) is 77.4 Å². The molecular weight excluding hydrogens is 459 g/mol. The molecule has 1 fully saturated rings.